The molecule has 1 aromatic carbocycles. The molecule has 2 heterocycles. The molecule has 0 N–H and O–H groups in total. The molecule has 0 aliphatic carbocycles. The van der Waals surface area contributed by atoms with Crippen LogP contribution in [0.5, 0.6) is 0 Å². The second-order valence-corrected chi connectivity index (χ2v) is 6.78. The fourth-order valence-corrected chi connectivity index (χ4v) is 3.35. The molecule has 0 unspecified atom stereocenters. The maximum Gasteiger partial charge on any atom is 0.222 e. The Morgan fingerprint density at radius 2 is 1.73 bits per heavy atom. The average Bonchev–Trinajstić information content (AvgIpc) is 2.66. The number of aryl methyl sites for hydroxylation is 2. The van der Waals surface area contributed by atoms with E-state index in [1.54, 1.807) is 0 Å². The van der Waals surface area contributed by atoms with Gasteiger partial charge in [-0.1, -0.05) is 18.2 Å². The van der Waals surface area contributed by atoms with Crippen LogP contribution in [-0.2, 0) is 11.3 Å². The lowest BCUT2D eigenvalue weighted by Crippen LogP contribution is -3.00. The van der Waals surface area contributed by atoms with Crippen LogP contribution in [0.4, 0.5) is 5.69 Å². The zero-order chi connectivity index (χ0) is 17.5. The molecule has 1 aromatic heterocycles. The van der Waals surface area contributed by atoms with Gasteiger partial charge < -0.3 is 26.8 Å². The number of anilines is 1. The number of carbonyl (C=O) groups is 1. The summed E-state index contributed by atoms with van der Waals surface area (Å²) in [7, 11) is 0. The summed E-state index contributed by atoms with van der Waals surface area (Å²) in [5.74, 6) is 0.307. The first-order valence-electron chi connectivity index (χ1n) is 9.26. The molecule has 4 nitrogen and oxygen atoms in total. The molecule has 1 aliphatic rings. The first-order valence-corrected chi connectivity index (χ1v) is 9.26. The number of halogens is 1. The van der Waals surface area contributed by atoms with Gasteiger partial charge in [0.15, 0.2) is 12.4 Å². The van der Waals surface area contributed by atoms with Gasteiger partial charge in [-0.3, -0.25) is 4.79 Å². The zero-order valence-corrected chi connectivity index (χ0v) is 17.1. The minimum absolute atomic E-state index is 0. The molecule has 1 saturated heterocycles. The zero-order valence-electron chi connectivity index (χ0n) is 15.5. The van der Waals surface area contributed by atoms with Crippen LogP contribution in [0, 0.1) is 6.92 Å². The van der Waals surface area contributed by atoms with E-state index in [0.717, 1.165) is 45.6 Å². The van der Waals surface area contributed by atoms with Crippen LogP contribution in [0.25, 0.3) is 0 Å². The predicted molar refractivity (Wildman–Crippen MR) is 100 cm³/mol. The van der Waals surface area contributed by atoms with E-state index >= 15 is 0 Å². The second-order valence-electron chi connectivity index (χ2n) is 6.78. The summed E-state index contributed by atoms with van der Waals surface area (Å²) in [6.45, 7) is 6.62. The maximum absolute atomic E-state index is 12.4. The van der Waals surface area contributed by atoms with Crippen LogP contribution < -0.4 is 26.4 Å². The standard InChI is InChI=1S/C21H28N3O.BrH/c1-19-8-7-9-20(18-19)23-14-16-24(17-15-23)21(25)10-3-6-13-22-11-4-2-5-12-22;/h2,4-5,7-9,11-12,18H,3,6,10,13-17H2,1H3;1H/q+1;/p-1. The van der Waals surface area contributed by atoms with Crippen molar-refractivity contribution < 1.29 is 26.3 Å². The molecule has 0 atom stereocenters. The van der Waals surface area contributed by atoms with Crippen molar-refractivity contribution in [2.24, 2.45) is 0 Å². The monoisotopic (exact) mass is 417 g/mol. The SMILES string of the molecule is Cc1cccc(N2CCN(C(=O)CCCC[n+]3ccccc3)CC2)c1.[Br-]. The second kappa shape index (κ2) is 10.3. The summed E-state index contributed by atoms with van der Waals surface area (Å²) < 4.78 is 2.17. The van der Waals surface area contributed by atoms with Crippen molar-refractivity contribution in [3.05, 3.63) is 60.4 Å². The molecular formula is C21H28BrN3O. The summed E-state index contributed by atoms with van der Waals surface area (Å²) >= 11 is 0. The number of hydrogen-bond acceptors (Lipinski definition) is 2. The summed E-state index contributed by atoms with van der Waals surface area (Å²) in [5.41, 5.74) is 2.55. The summed E-state index contributed by atoms with van der Waals surface area (Å²) in [5, 5.41) is 0. The number of piperazine rings is 1. The Hall–Kier alpha value is -1.88. The van der Waals surface area contributed by atoms with Gasteiger partial charge in [-0.2, -0.15) is 0 Å². The molecule has 1 aliphatic heterocycles. The third kappa shape index (κ3) is 5.84. The number of benzene rings is 1. The van der Waals surface area contributed by atoms with Gasteiger partial charge in [0.05, 0.1) is 0 Å². The molecule has 1 amide bonds. The van der Waals surface area contributed by atoms with Crippen molar-refractivity contribution in [3.63, 3.8) is 0 Å². The van der Waals surface area contributed by atoms with E-state index in [2.05, 4.69) is 53.0 Å². The number of nitrogens with zero attached hydrogens (tertiary/aromatic N) is 3. The Morgan fingerprint density at radius 3 is 2.42 bits per heavy atom. The quantitative estimate of drug-likeness (QED) is 0.481. The van der Waals surface area contributed by atoms with Crippen LogP contribution in [0.15, 0.2) is 54.9 Å². The van der Waals surface area contributed by atoms with Crippen molar-refractivity contribution in [1.29, 1.82) is 0 Å². The van der Waals surface area contributed by atoms with E-state index in [9.17, 15) is 4.79 Å². The van der Waals surface area contributed by atoms with Crippen LogP contribution in [0.2, 0.25) is 0 Å². The van der Waals surface area contributed by atoms with Crippen molar-refractivity contribution in [1.82, 2.24) is 4.90 Å². The van der Waals surface area contributed by atoms with Gasteiger partial charge >= 0.3 is 0 Å². The largest absolute Gasteiger partial charge is 1.00 e. The lowest BCUT2D eigenvalue weighted by molar-refractivity contribution is -0.697. The highest BCUT2D eigenvalue weighted by molar-refractivity contribution is 5.76. The van der Waals surface area contributed by atoms with Crippen LogP contribution >= 0.6 is 0 Å². The fourth-order valence-electron chi connectivity index (χ4n) is 3.35. The number of pyridine rings is 1. The Kier molecular flexibility index (Phi) is 8.10. The van der Waals surface area contributed by atoms with Gasteiger partial charge in [0.1, 0.15) is 6.54 Å². The predicted octanol–water partition coefficient (Wildman–Crippen LogP) is -0.194. The third-order valence-electron chi connectivity index (χ3n) is 4.83. The first kappa shape index (κ1) is 20.4. The van der Waals surface area contributed by atoms with E-state index in [0.29, 0.717) is 12.3 Å². The van der Waals surface area contributed by atoms with Crippen LogP contribution in [0.1, 0.15) is 24.8 Å². The minimum atomic E-state index is 0. The molecule has 0 bridgehead atoms. The Labute approximate surface area is 167 Å². The highest BCUT2D eigenvalue weighted by Gasteiger charge is 2.21. The molecule has 1 fully saturated rings. The topological polar surface area (TPSA) is 27.4 Å². The minimum Gasteiger partial charge on any atom is -1.00 e. The normalized spacial score (nSPS) is 14.0. The number of aromatic nitrogens is 1. The highest BCUT2D eigenvalue weighted by atomic mass is 79.9. The lowest BCUT2D eigenvalue weighted by atomic mass is 10.1. The molecule has 140 valence electrons. The summed E-state index contributed by atoms with van der Waals surface area (Å²) in [6, 6.07) is 14.7. The Balaban J connectivity index is 0.00000243. The number of carbonyl (C=O) groups excluding carboxylic acids is 1. The maximum atomic E-state index is 12.4. The molecule has 0 radical (unpaired) electrons. The van der Waals surface area contributed by atoms with Gasteiger partial charge in [0.25, 0.3) is 0 Å². The van der Waals surface area contributed by atoms with Crippen molar-refractivity contribution in [3.8, 4) is 0 Å². The molecule has 5 heteroatoms. The van der Waals surface area contributed by atoms with Crippen LogP contribution in [0.3, 0.4) is 0 Å². The molecule has 2 aromatic rings. The number of rotatable bonds is 6. The average molecular weight is 418 g/mol. The van der Waals surface area contributed by atoms with E-state index in [-0.39, 0.29) is 17.0 Å². The smallest absolute Gasteiger partial charge is 0.222 e. The van der Waals surface area contributed by atoms with Gasteiger partial charge in [-0.05, 0) is 31.0 Å². The number of unbranched alkanes of at least 4 members (excludes halogenated alkanes) is 1. The van der Waals surface area contributed by atoms with Crippen molar-refractivity contribution in [2.45, 2.75) is 32.7 Å². The molecule has 26 heavy (non-hydrogen) atoms. The Bertz CT molecular complexity index is 685. The van der Waals surface area contributed by atoms with Crippen molar-refractivity contribution in [2.75, 3.05) is 31.1 Å². The highest BCUT2D eigenvalue weighted by Crippen LogP contribution is 2.18. The lowest BCUT2D eigenvalue weighted by Gasteiger charge is -2.36. The van der Waals surface area contributed by atoms with E-state index in [1.165, 1.54) is 11.3 Å². The number of amides is 1. The summed E-state index contributed by atoms with van der Waals surface area (Å²) in [4.78, 5) is 16.8. The summed E-state index contributed by atoms with van der Waals surface area (Å²) in [6.07, 6.45) is 6.82. The van der Waals surface area contributed by atoms with E-state index in [1.807, 2.05) is 23.1 Å². The Morgan fingerprint density at radius 1 is 1.00 bits per heavy atom. The van der Waals surface area contributed by atoms with E-state index in [4.69, 9.17) is 0 Å². The van der Waals surface area contributed by atoms with Gasteiger partial charge in [0.2, 0.25) is 5.91 Å². The van der Waals surface area contributed by atoms with E-state index < -0.39 is 0 Å². The first-order chi connectivity index (χ1) is 12.2. The number of hydrogen-bond donors (Lipinski definition) is 0. The molecular weight excluding hydrogens is 390 g/mol. The van der Waals surface area contributed by atoms with Gasteiger partial charge in [-0.25, -0.2) is 4.57 Å². The third-order valence-corrected chi connectivity index (χ3v) is 4.83. The van der Waals surface area contributed by atoms with Gasteiger partial charge in [-0.15, -0.1) is 0 Å². The molecule has 0 spiro atoms. The molecule has 0 saturated carbocycles. The fraction of sp³-hybridized carbons (Fsp3) is 0.429. The van der Waals surface area contributed by atoms with Gasteiger partial charge in [0, 0.05) is 56.8 Å². The molecule has 3 rings (SSSR count). The van der Waals surface area contributed by atoms with Crippen LogP contribution in [-0.4, -0.2) is 37.0 Å². The van der Waals surface area contributed by atoms with Crippen molar-refractivity contribution >= 4 is 11.6 Å².